The average molecular weight is 709 g/mol. The molecule has 0 bridgehead atoms. The molecule has 4 atom stereocenters. The number of para-hydroxylation sites is 3. The van der Waals surface area contributed by atoms with Crippen molar-refractivity contribution >= 4 is 55.1 Å². The molecule has 4 aliphatic rings. The Morgan fingerprint density at radius 3 is 2.33 bits per heavy atom. The summed E-state index contributed by atoms with van der Waals surface area (Å²) in [6, 6.07) is 44.5. The van der Waals surface area contributed by atoms with Gasteiger partial charge in [-0.3, -0.25) is 4.57 Å². The van der Waals surface area contributed by atoms with Gasteiger partial charge in [-0.2, -0.15) is 0 Å². The number of allylic oxidation sites excluding steroid dienone is 8. The Labute approximate surface area is 321 Å². The molecule has 4 nitrogen and oxygen atoms in total. The highest BCUT2D eigenvalue weighted by Crippen LogP contribution is 2.49. The summed E-state index contributed by atoms with van der Waals surface area (Å²) >= 11 is 0. The van der Waals surface area contributed by atoms with Gasteiger partial charge in [0.1, 0.15) is 0 Å². The molecule has 4 heteroatoms. The third-order valence-corrected chi connectivity index (χ3v) is 12.2. The lowest BCUT2D eigenvalue weighted by Gasteiger charge is -2.40. The quantitative estimate of drug-likeness (QED) is 0.178. The number of fused-ring (bicyclic) bond motifs is 7. The first-order valence-corrected chi connectivity index (χ1v) is 19.6. The Bertz CT molecular complexity index is 2860. The third-order valence-electron chi connectivity index (χ3n) is 12.2. The Morgan fingerprint density at radius 2 is 1.44 bits per heavy atom. The minimum Gasteiger partial charge on any atom is -0.357 e. The lowest BCUT2D eigenvalue weighted by molar-refractivity contribution is 0.552. The van der Waals surface area contributed by atoms with Gasteiger partial charge in [-0.25, -0.2) is 9.97 Å². The van der Waals surface area contributed by atoms with Crippen molar-refractivity contribution in [3.63, 3.8) is 0 Å². The van der Waals surface area contributed by atoms with Gasteiger partial charge in [0.2, 0.25) is 5.95 Å². The summed E-state index contributed by atoms with van der Waals surface area (Å²) in [6.07, 6.45) is 22.5. The highest BCUT2D eigenvalue weighted by molar-refractivity contribution is 6.10. The van der Waals surface area contributed by atoms with Crippen LogP contribution in [0, 0.1) is 5.92 Å². The van der Waals surface area contributed by atoms with Gasteiger partial charge >= 0.3 is 0 Å². The zero-order valence-corrected chi connectivity index (χ0v) is 30.8. The van der Waals surface area contributed by atoms with Crippen molar-refractivity contribution in [3.05, 3.63) is 198 Å². The van der Waals surface area contributed by atoms with Gasteiger partial charge in [-0.1, -0.05) is 147 Å². The van der Waals surface area contributed by atoms with Crippen molar-refractivity contribution in [2.75, 3.05) is 4.90 Å². The topological polar surface area (TPSA) is 34.0 Å². The molecule has 0 fully saturated rings. The number of hydrogen-bond acceptors (Lipinski definition) is 3. The highest BCUT2D eigenvalue weighted by Gasteiger charge is 2.40. The normalized spacial score (nSPS) is 21.5. The van der Waals surface area contributed by atoms with E-state index in [1.807, 2.05) is 0 Å². The van der Waals surface area contributed by atoms with Gasteiger partial charge in [0.05, 0.1) is 34.3 Å². The van der Waals surface area contributed by atoms with Crippen LogP contribution in [-0.2, 0) is 0 Å². The van der Waals surface area contributed by atoms with E-state index in [1.54, 1.807) is 0 Å². The fourth-order valence-electron chi connectivity index (χ4n) is 9.61. The first kappa shape index (κ1) is 32.0. The fourth-order valence-corrected chi connectivity index (χ4v) is 9.61. The summed E-state index contributed by atoms with van der Waals surface area (Å²) in [5.74, 6) is 1.28. The molecule has 0 spiro atoms. The van der Waals surface area contributed by atoms with E-state index in [0.717, 1.165) is 46.4 Å². The first-order valence-electron chi connectivity index (χ1n) is 19.6. The van der Waals surface area contributed by atoms with E-state index in [4.69, 9.17) is 9.97 Å². The molecule has 5 aromatic carbocycles. The van der Waals surface area contributed by atoms with Gasteiger partial charge in [0, 0.05) is 39.2 Å². The molecular formula is C51H40N4. The summed E-state index contributed by atoms with van der Waals surface area (Å²) in [7, 11) is 0. The van der Waals surface area contributed by atoms with E-state index in [-0.39, 0.29) is 18.0 Å². The molecule has 0 radical (unpaired) electrons. The van der Waals surface area contributed by atoms with Crippen LogP contribution in [0.2, 0.25) is 0 Å². The predicted molar refractivity (Wildman–Crippen MR) is 229 cm³/mol. The van der Waals surface area contributed by atoms with Crippen LogP contribution in [-0.4, -0.2) is 26.6 Å². The summed E-state index contributed by atoms with van der Waals surface area (Å²) in [4.78, 5) is 13.2. The van der Waals surface area contributed by atoms with E-state index < -0.39 is 0 Å². The van der Waals surface area contributed by atoms with E-state index >= 15 is 0 Å². The zero-order chi connectivity index (χ0) is 36.5. The largest absolute Gasteiger partial charge is 0.357 e. The highest BCUT2D eigenvalue weighted by atomic mass is 15.2. The molecule has 0 saturated heterocycles. The van der Waals surface area contributed by atoms with Gasteiger partial charge in [-0.15, -0.1) is 0 Å². The van der Waals surface area contributed by atoms with Crippen molar-refractivity contribution in [3.8, 4) is 5.95 Å². The van der Waals surface area contributed by atoms with Crippen LogP contribution in [0.3, 0.4) is 0 Å². The van der Waals surface area contributed by atoms with Crippen molar-refractivity contribution in [1.29, 1.82) is 0 Å². The second-order valence-corrected chi connectivity index (χ2v) is 15.3. The van der Waals surface area contributed by atoms with Crippen LogP contribution >= 0.6 is 0 Å². The maximum Gasteiger partial charge on any atom is 0.235 e. The fraction of sp³-hybridized carbons (Fsp3) is 0.137. The standard InChI is InChI=1S/C51H40N4/c1-33-38(34-15-4-2-5-16-34)22-14-26-45(33)54-46-24-12-9-19-39(46)42-31-36(27-29-48(42)54)37-28-30-49-43(32-37)40-20-10-13-25-47(40)55(49)51-52-44-23-11-8-21-41(44)50(53-51)35-17-6-3-7-18-35/h2-17,19-28,30-33,35,45,48H,18,29H2,1H3/t33-,35?,45?,48?/m0/s1. The van der Waals surface area contributed by atoms with Gasteiger partial charge < -0.3 is 4.90 Å². The van der Waals surface area contributed by atoms with Crippen LogP contribution in [0.5, 0.6) is 0 Å². The molecule has 0 N–H and O–H groups in total. The van der Waals surface area contributed by atoms with Crippen LogP contribution in [0.1, 0.15) is 48.1 Å². The second-order valence-electron chi connectivity index (χ2n) is 15.3. The molecule has 264 valence electrons. The number of aromatic nitrogens is 3. The molecule has 7 aromatic rings. The van der Waals surface area contributed by atoms with Crippen LogP contribution < -0.4 is 4.90 Å². The summed E-state index contributed by atoms with van der Waals surface area (Å²) in [5.41, 5.74) is 13.6. The van der Waals surface area contributed by atoms with Gasteiger partial charge in [0.15, 0.2) is 0 Å². The number of hydrogen-bond donors (Lipinski definition) is 0. The molecule has 3 aliphatic carbocycles. The first-order chi connectivity index (χ1) is 27.2. The SMILES string of the molecule is C[C@H]1C(c2ccccc2)=CC=CC1N1c2ccccc2C2=CC(c3ccc4c(c3)c3ccccc3n4-c3nc(C4C=CC=CC4)c4ccccc4n3)=CCC21. The maximum atomic E-state index is 5.34. The Balaban J connectivity index is 0.990. The van der Waals surface area contributed by atoms with Crippen molar-refractivity contribution in [2.24, 2.45) is 5.92 Å². The zero-order valence-electron chi connectivity index (χ0n) is 30.8. The second kappa shape index (κ2) is 12.8. The third kappa shape index (κ3) is 5.12. The lowest BCUT2D eigenvalue weighted by atomic mass is 9.82. The molecule has 1 aliphatic heterocycles. The molecular weight excluding hydrogens is 669 g/mol. The molecule has 11 rings (SSSR count). The number of anilines is 1. The average Bonchev–Trinajstić information content (AvgIpc) is 3.76. The maximum absolute atomic E-state index is 5.34. The number of benzene rings is 5. The lowest BCUT2D eigenvalue weighted by Crippen LogP contribution is -2.44. The summed E-state index contributed by atoms with van der Waals surface area (Å²) in [5, 5.41) is 3.53. The molecule has 55 heavy (non-hydrogen) atoms. The molecule has 0 amide bonds. The number of nitrogens with zero attached hydrogens (tertiary/aromatic N) is 4. The van der Waals surface area contributed by atoms with E-state index in [0.29, 0.717) is 5.92 Å². The van der Waals surface area contributed by atoms with Crippen molar-refractivity contribution in [2.45, 2.75) is 37.8 Å². The predicted octanol–water partition coefficient (Wildman–Crippen LogP) is 12.0. The number of rotatable bonds is 5. The van der Waals surface area contributed by atoms with Crippen LogP contribution in [0.25, 0.3) is 55.4 Å². The van der Waals surface area contributed by atoms with E-state index in [2.05, 4.69) is 192 Å². The molecule has 2 aromatic heterocycles. The van der Waals surface area contributed by atoms with Crippen LogP contribution in [0.4, 0.5) is 5.69 Å². The Hall–Kier alpha value is -6.52. The van der Waals surface area contributed by atoms with E-state index in [9.17, 15) is 0 Å². The molecule has 0 saturated carbocycles. The molecule has 3 heterocycles. The molecule has 3 unspecified atom stereocenters. The minimum absolute atomic E-state index is 0.211. The Morgan fingerprint density at radius 1 is 0.636 bits per heavy atom. The summed E-state index contributed by atoms with van der Waals surface area (Å²) < 4.78 is 2.26. The minimum atomic E-state index is 0.211. The smallest absolute Gasteiger partial charge is 0.235 e. The summed E-state index contributed by atoms with van der Waals surface area (Å²) in [6.45, 7) is 2.39. The van der Waals surface area contributed by atoms with Gasteiger partial charge in [0.25, 0.3) is 0 Å². The van der Waals surface area contributed by atoms with Crippen molar-refractivity contribution in [1.82, 2.24) is 14.5 Å². The van der Waals surface area contributed by atoms with Crippen LogP contribution in [0.15, 0.2) is 176 Å². The van der Waals surface area contributed by atoms with Crippen molar-refractivity contribution < 1.29 is 0 Å². The monoisotopic (exact) mass is 708 g/mol. The van der Waals surface area contributed by atoms with E-state index in [1.165, 1.54) is 49.9 Å². The van der Waals surface area contributed by atoms with Gasteiger partial charge in [-0.05, 0) is 77.1 Å². The Kier molecular flexibility index (Phi) is 7.44.